The number of sulfonamides is 1. The van der Waals surface area contributed by atoms with Gasteiger partial charge in [0, 0.05) is 0 Å². The maximum Gasteiger partial charge on any atom is 0.360 e. The minimum Gasteiger partial charge on any atom is -0.458 e. The molecule has 1 aromatic rings. The highest BCUT2D eigenvalue weighted by molar-refractivity contribution is 7.89. The summed E-state index contributed by atoms with van der Waals surface area (Å²) in [6.07, 6.45) is 3.66. The number of carbonyl (C=O) groups excluding carboxylic acids is 1. The number of ether oxygens (including phenoxy) is 1. The molecule has 1 heterocycles. The molecule has 8 heteroatoms. The average Bonchev–Trinajstić information content (AvgIpc) is 2.67. The molecule has 0 radical (unpaired) electrons. The molecule has 19 heavy (non-hydrogen) atoms. The number of nitrogens with two attached hydrogens (primary N) is 1. The lowest BCUT2D eigenvalue weighted by Crippen LogP contribution is -2.26. The number of hydrogen-bond acceptors (Lipinski definition) is 5. The average molecular weight is 287 g/mol. The first-order chi connectivity index (χ1) is 8.93. The lowest BCUT2D eigenvalue weighted by atomic mass is 9.96. The highest BCUT2D eigenvalue weighted by Gasteiger charge is 2.30. The van der Waals surface area contributed by atoms with E-state index in [9.17, 15) is 13.2 Å². The third-order valence-electron chi connectivity index (χ3n) is 3.10. The first-order valence-electron chi connectivity index (χ1n) is 6.24. The molecule has 1 saturated carbocycles. The summed E-state index contributed by atoms with van der Waals surface area (Å²) in [6.45, 7) is 1.89. The number of carbonyl (C=O) groups is 1. The van der Waals surface area contributed by atoms with Crippen LogP contribution in [0.25, 0.3) is 0 Å². The fourth-order valence-electron chi connectivity index (χ4n) is 1.93. The molecule has 0 aromatic carbocycles. The summed E-state index contributed by atoms with van der Waals surface area (Å²) in [6, 6.07) is 0. The van der Waals surface area contributed by atoms with Gasteiger partial charge in [0.15, 0.2) is 5.69 Å². The van der Waals surface area contributed by atoms with Crippen molar-refractivity contribution in [1.82, 2.24) is 10.2 Å². The van der Waals surface area contributed by atoms with Crippen LogP contribution in [-0.4, -0.2) is 30.7 Å². The van der Waals surface area contributed by atoms with Crippen molar-refractivity contribution < 1.29 is 17.9 Å². The first-order valence-corrected chi connectivity index (χ1v) is 7.79. The topological polar surface area (TPSA) is 115 Å². The molecule has 1 fully saturated rings. The Morgan fingerprint density at radius 3 is 2.68 bits per heavy atom. The standard InChI is InChI=1S/C11H17N3O4S/c1-2-4-8-10(19(12,16)17)9(14-13-8)11(15)18-7-5-3-6-7/h7H,2-6H2,1H3,(H,13,14)(H2,12,16,17). The number of nitrogens with zero attached hydrogens (tertiary/aromatic N) is 1. The lowest BCUT2D eigenvalue weighted by Gasteiger charge is -2.24. The van der Waals surface area contributed by atoms with Gasteiger partial charge in [-0.2, -0.15) is 5.10 Å². The smallest absolute Gasteiger partial charge is 0.360 e. The van der Waals surface area contributed by atoms with Gasteiger partial charge in [-0.1, -0.05) is 13.3 Å². The van der Waals surface area contributed by atoms with E-state index in [2.05, 4.69) is 10.2 Å². The normalized spacial score (nSPS) is 16.1. The van der Waals surface area contributed by atoms with E-state index in [0.717, 1.165) is 19.3 Å². The van der Waals surface area contributed by atoms with E-state index >= 15 is 0 Å². The quantitative estimate of drug-likeness (QED) is 0.774. The van der Waals surface area contributed by atoms with Gasteiger partial charge in [-0.05, 0) is 25.7 Å². The molecule has 0 bridgehead atoms. The Morgan fingerprint density at radius 2 is 2.21 bits per heavy atom. The third-order valence-corrected chi connectivity index (χ3v) is 4.10. The number of aromatic nitrogens is 2. The number of rotatable bonds is 5. The predicted molar refractivity (Wildman–Crippen MR) is 67.0 cm³/mol. The Hall–Kier alpha value is -1.41. The van der Waals surface area contributed by atoms with Crippen LogP contribution in [0.15, 0.2) is 4.90 Å². The molecule has 0 amide bonds. The van der Waals surface area contributed by atoms with Crippen molar-refractivity contribution in [3.8, 4) is 0 Å². The number of H-pyrrole nitrogens is 1. The van der Waals surface area contributed by atoms with Gasteiger partial charge in [0.1, 0.15) is 11.0 Å². The zero-order valence-electron chi connectivity index (χ0n) is 10.7. The molecule has 0 saturated heterocycles. The van der Waals surface area contributed by atoms with Gasteiger partial charge in [0.05, 0.1) is 5.69 Å². The van der Waals surface area contributed by atoms with Gasteiger partial charge in [0.25, 0.3) is 0 Å². The predicted octanol–water partition coefficient (Wildman–Crippen LogP) is 0.719. The van der Waals surface area contributed by atoms with E-state index in [1.807, 2.05) is 6.92 Å². The van der Waals surface area contributed by atoms with Crippen LogP contribution in [0.4, 0.5) is 0 Å². The number of nitrogens with one attached hydrogen (secondary N) is 1. The number of aromatic amines is 1. The fourth-order valence-corrected chi connectivity index (χ4v) is 2.82. The molecule has 0 unspecified atom stereocenters. The van der Waals surface area contributed by atoms with Crippen molar-refractivity contribution in [3.05, 3.63) is 11.4 Å². The highest BCUT2D eigenvalue weighted by Crippen LogP contribution is 2.25. The van der Waals surface area contributed by atoms with E-state index in [0.29, 0.717) is 18.5 Å². The Morgan fingerprint density at radius 1 is 1.53 bits per heavy atom. The summed E-state index contributed by atoms with van der Waals surface area (Å²) in [5.74, 6) is -0.729. The van der Waals surface area contributed by atoms with E-state index < -0.39 is 16.0 Å². The molecule has 1 aromatic heterocycles. The van der Waals surface area contributed by atoms with Gasteiger partial charge < -0.3 is 4.74 Å². The molecule has 0 aliphatic heterocycles. The van der Waals surface area contributed by atoms with Crippen molar-refractivity contribution in [2.75, 3.05) is 0 Å². The fraction of sp³-hybridized carbons (Fsp3) is 0.636. The molecular weight excluding hydrogens is 270 g/mol. The van der Waals surface area contributed by atoms with Gasteiger partial charge in [0.2, 0.25) is 10.0 Å². The van der Waals surface area contributed by atoms with Crippen LogP contribution in [-0.2, 0) is 21.2 Å². The summed E-state index contributed by atoms with van der Waals surface area (Å²) >= 11 is 0. The van der Waals surface area contributed by atoms with Crippen LogP contribution < -0.4 is 5.14 Å². The van der Waals surface area contributed by atoms with E-state index in [-0.39, 0.29) is 16.7 Å². The van der Waals surface area contributed by atoms with Crippen molar-refractivity contribution in [2.45, 2.75) is 50.0 Å². The van der Waals surface area contributed by atoms with Crippen LogP contribution in [0.2, 0.25) is 0 Å². The third kappa shape index (κ3) is 2.95. The molecule has 106 valence electrons. The summed E-state index contributed by atoms with van der Waals surface area (Å²) in [5.41, 5.74) is 0.114. The SMILES string of the molecule is CCCc1[nH]nc(C(=O)OC2CCC2)c1S(N)(=O)=O. The minimum atomic E-state index is -4.01. The highest BCUT2D eigenvalue weighted by atomic mass is 32.2. The van der Waals surface area contributed by atoms with Crippen LogP contribution in [0.1, 0.15) is 48.8 Å². The minimum absolute atomic E-state index is 0.132. The summed E-state index contributed by atoms with van der Waals surface area (Å²) in [5, 5.41) is 11.5. The van der Waals surface area contributed by atoms with Crippen LogP contribution in [0.5, 0.6) is 0 Å². The molecule has 0 spiro atoms. The summed E-state index contributed by atoms with van der Waals surface area (Å²) < 4.78 is 28.3. The van der Waals surface area contributed by atoms with Crippen LogP contribution in [0.3, 0.4) is 0 Å². The van der Waals surface area contributed by atoms with Crippen LogP contribution >= 0.6 is 0 Å². The second-order valence-corrected chi connectivity index (χ2v) is 6.13. The number of aryl methyl sites for hydroxylation is 1. The molecule has 3 N–H and O–H groups in total. The maximum atomic E-state index is 11.9. The molecule has 1 aliphatic carbocycles. The lowest BCUT2D eigenvalue weighted by molar-refractivity contribution is 0.00794. The molecule has 7 nitrogen and oxygen atoms in total. The van der Waals surface area contributed by atoms with Crippen molar-refractivity contribution in [1.29, 1.82) is 0 Å². The number of esters is 1. The maximum absolute atomic E-state index is 11.9. The second-order valence-electron chi connectivity index (χ2n) is 4.63. The van der Waals surface area contributed by atoms with Gasteiger partial charge in [-0.25, -0.2) is 18.4 Å². The number of primary sulfonamides is 1. The number of hydrogen-bond donors (Lipinski definition) is 2. The monoisotopic (exact) mass is 287 g/mol. The van der Waals surface area contributed by atoms with E-state index in [1.165, 1.54) is 0 Å². The second kappa shape index (κ2) is 5.30. The largest absolute Gasteiger partial charge is 0.458 e. The first kappa shape index (κ1) is 14.0. The van der Waals surface area contributed by atoms with Crippen molar-refractivity contribution in [2.24, 2.45) is 5.14 Å². The van der Waals surface area contributed by atoms with E-state index in [1.54, 1.807) is 0 Å². The molecule has 0 atom stereocenters. The zero-order chi connectivity index (χ0) is 14.0. The summed E-state index contributed by atoms with van der Waals surface area (Å²) in [4.78, 5) is 11.7. The Kier molecular flexibility index (Phi) is 3.91. The van der Waals surface area contributed by atoms with Gasteiger partial charge in [-0.15, -0.1) is 0 Å². The Balaban J connectivity index is 2.31. The van der Waals surface area contributed by atoms with Crippen molar-refractivity contribution >= 4 is 16.0 Å². The molecular formula is C11H17N3O4S. The zero-order valence-corrected chi connectivity index (χ0v) is 11.5. The van der Waals surface area contributed by atoms with Gasteiger partial charge in [-0.3, -0.25) is 5.10 Å². The Bertz CT molecular complexity index is 575. The van der Waals surface area contributed by atoms with E-state index in [4.69, 9.17) is 9.88 Å². The van der Waals surface area contributed by atoms with Gasteiger partial charge >= 0.3 is 5.97 Å². The summed E-state index contributed by atoms with van der Waals surface area (Å²) in [7, 11) is -4.01. The van der Waals surface area contributed by atoms with Crippen molar-refractivity contribution in [3.63, 3.8) is 0 Å². The molecule has 1 aliphatic rings. The Labute approximate surface area is 111 Å². The van der Waals surface area contributed by atoms with Crippen LogP contribution in [0, 0.1) is 0 Å². The molecule has 2 rings (SSSR count).